The number of halogens is 2. The fourth-order valence-electron chi connectivity index (χ4n) is 3.24. The molecular formula is C26H38Cl2N2O3. The molecule has 0 aliphatic carbocycles. The van der Waals surface area contributed by atoms with Gasteiger partial charge in [0.1, 0.15) is 0 Å². The molecule has 2 atom stereocenters. The average Bonchev–Trinajstić information content (AvgIpc) is 3.72. The van der Waals surface area contributed by atoms with Crippen LogP contribution in [0.1, 0.15) is 24.0 Å². The fourth-order valence-corrected chi connectivity index (χ4v) is 3.60. The molecule has 0 bridgehead atoms. The van der Waals surface area contributed by atoms with Crippen molar-refractivity contribution in [3.63, 3.8) is 0 Å². The van der Waals surface area contributed by atoms with Crippen LogP contribution in [0.3, 0.4) is 0 Å². The summed E-state index contributed by atoms with van der Waals surface area (Å²) in [5.41, 5.74) is 2.65. The number of alkyl halides is 2. The minimum absolute atomic E-state index is 0.188. The Bertz CT molecular complexity index is 705. The van der Waals surface area contributed by atoms with Crippen LogP contribution in [0.15, 0.2) is 60.7 Å². The highest BCUT2D eigenvalue weighted by atomic mass is 35.5. The average molecular weight is 498 g/mol. The van der Waals surface area contributed by atoms with E-state index in [0.29, 0.717) is 17.9 Å². The third kappa shape index (κ3) is 14.0. The van der Waals surface area contributed by atoms with Gasteiger partial charge in [0.2, 0.25) is 0 Å². The quantitative estimate of drug-likeness (QED) is 0.308. The maximum Gasteiger partial charge on any atom is 0.0944 e. The second kappa shape index (κ2) is 18.2. The molecule has 0 aromatic heterocycles. The van der Waals surface area contributed by atoms with E-state index >= 15 is 0 Å². The number of nitrogens with one attached hydrogen (secondary N) is 1. The molecule has 0 radical (unpaired) electrons. The molecular weight excluding hydrogens is 459 g/mol. The molecule has 2 N–H and O–H groups in total. The zero-order valence-corrected chi connectivity index (χ0v) is 20.9. The third-order valence-corrected chi connectivity index (χ3v) is 5.80. The van der Waals surface area contributed by atoms with E-state index in [9.17, 15) is 0 Å². The first-order valence-corrected chi connectivity index (χ1v) is 12.8. The van der Waals surface area contributed by atoms with Gasteiger partial charge in [-0.25, -0.2) is 0 Å². The van der Waals surface area contributed by atoms with Gasteiger partial charge in [0.25, 0.3) is 0 Å². The molecule has 0 saturated carbocycles. The molecule has 4 rings (SSSR count). The standard InChI is InChI=1S/C13H18ClNO.C10H15NO.C3H5ClO/c14-9-13-11-15(7-4-8-16-13)10-12-5-2-1-3-6-12;12-8-4-7-11-9-10-5-2-1-3-6-10;4-1-3-2-5-3/h1-3,5-6,13H,4,7-11H2;1-3,5-6,11-12H,4,7-9H2;3H,1-2H2. The van der Waals surface area contributed by atoms with Crippen molar-refractivity contribution >= 4 is 23.2 Å². The number of aliphatic hydroxyl groups is 1. The Morgan fingerprint density at radius 1 is 0.909 bits per heavy atom. The summed E-state index contributed by atoms with van der Waals surface area (Å²) in [5, 5.41) is 11.8. The molecule has 7 heteroatoms. The van der Waals surface area contributed by atoms with Gasteiger partial charge in [-0.3, -0.25) is 4.90 Å². The minimum Gasteiger partial charge on any atom is -0.396 e. The lowest BCUT2D eigenvalue weighted by Gasteiger charge is -2.22. The van der Waals surface area contributed by atoms with Crippen molar-refractivity contribution in [2.24, 2.45) is 0 Å². The van der Waals surface area contributed by atoms with Gasteiger partial charge in [-0.15, -0.1) is 23.2 Å². The predicted molar refractivity (Wildman–Crippen MR) is 137 cm³/mol. The molecule has 0 amide bonds. The van der Waals surface area contributed by atoms with E-state index in [1.807, 2.05) is 18.2 Å². The van der Waals surface area contributed by atoms with Crippen LogP contribution in [0, 0.1) is 0 Å². The molecule has 33 heavy (non-hydrogen) atoms. The summed E-state index contributed by atoms with van der Waals surface area (Å²) in [5.74, 6) is 1.26. The van der Waals surface area contributed by atoms with Crippen molar-refractivity contribution in [2.45, 2.75) is 38.1 Å². The Balaban J connectivity index is 0.000000198. The molecule has 2 unspecified atom stereocenters. The summed E-state index contributed by atoms with van der Waals surface area (Å²) < 4.78 is 10.4. The normalized spacial score (nSPS) is 20.0. The van der Waals surface area contributed by atoms with Crippen LogP contribution in [-0.4, -0.2) is 73.4 Å². The summed E-state index contributed by atoms with van der Waals surface area (Å²) in [6.45, 7) is 6.79. The van der Waals surface area contributed by atoms with Gasteiger partial charge in [-0.2, -0.15) is 0 Å². The van der Waals surface area contributed by atoms with Gasteiger partial charge in [0.15, 0.2) is 0 Å². The predicted octanol–water partition coefficient (Wildman–Crippen LogP) is 4.30. The molecule has 2 aliphatic heterocycles. The van der Waals surface area contributed by atoms with Crippen LogP contribution in [0.5, 0.6) is 0 Å². The number of rotatable bonds is 9. The molecule has 2 aromatic carbocycles. The first-order chi connectivity index (χ1) is 16.2. The van der Waals surface area contributed by atoms with Crippen LogP contribution in [0.25, 0.3) is 0 Å². The van der Waals surface area contributed by atoms with Crippen molar-refractivity contribution in [1.29, 1.82) is 0 Å². The van der Waals surface area contributed by atoms with Crippen molar-refractivity contribution in [1.82, 2.24) is 10.2 Å². The van der Waals surface area contributed by atoms with Crippen molar-refractivity contribution < 1.29 is 14.6 Å². The monoisotopic (exact) mass is 496 g/mol. The number of nitrogens with zero attached hydrogens (tertiary/aromatic N) is 1. The smallest absolute Gasteiger partial charge is 0.0944 e. The molecule has 2 aliphatic rings. The minimum atomic E-state index is 0.188. The van der Waals surface area contributed by atoms with Crippen LogP contribution < -0.4 is 5.32 Å². The number of epoxide rings is 1. The maximum absolute atomic E-state index is 8.52. The van der Waals surface area contributed by atoms with Crippen LogP contribution >= 0.6 is 23.2 Å². The molecule has 2 saturated heterocycles. The number of hydrogen-bond acceptors (Lipinski definition) is 5. The van der Waals surface area contributed by atoms with Gasteiger partial charge < -0.3 is 19.9 Å². The number of hydrogen-bond donors (Lipinski definition) is 2. The van der Waals surface area contributed by atoms with Crippen LogP contribution in [0.2, 0.25) is 0 Å². The summed E-state index contributed by atoms with van der Waals surface area (Å²) in [6, 6.07) is 20.8. The van der Waals surface area contributed by atoms with Crippen LogP contribution in [0.4, 0.5) is 0 Å². The molecule has 5 nitrogen and oxygen atoms in total. The first kappa shape index (κ1) is 28.1. The Morgan fingerprint density at radius 2 is 1.55 bits per heavy atom. The highest BCUT2D eigenvalue weighted by molar-refractivity contribution is 6.18. The first-order valence-electron chi connectivity index (χ1n) is 11.7. The van der Waals surface area contributed by atoms with Gasteiger partial charge in [-0.1, -0.05) is 60.7 Å². The highest BCUT2D eigenvalue weighted by Gasteiger charge is 2.19. The van der Waals surface area contributed by atoms with Crippen molar-refractivity contribution in [3.05, 3.63) is 71.8 Å². The summed E-state index contributed by atoms with van der Waals surface area (Å²) in [7, 11) is 0. The topological polar surface area (TPSA) is 57.3 Å². The second-order valence-corrected chi connectivity index (χ2v) is 8.69. The van der Waals surface area contributed by atoms with Crippen molar-refractivity contribution in [2.75, 3.05) is 51.2 Å². The van der Waals surface area contributed by atoms with Gasteiger partial charge in [0.05, 0.1) is 24.7 Å². The summed E-state index contributed by atoms with van der Waals surface area (Å²) in [6.07, 6.45) is 2.51. The number of ether oxygens (including phenoxy) is 2. The largest absolute Gasteiger partial charge is 0.396 e. The van der Waals surface area contributed by atoms with E-state index in [4.69, 9.17) is 37.8 Å². The molecule has 2 fully saturated rings. The van der Waals surface area contributed by atoms with E-state index in [-0.39, 0.29) is 12.7 Å². The molecule has 2 aromatic rings. The Kier molecular flexibility index (Phi) is 15.5. The Labute approximate surface area is 209 Å². The zero-order valence-electron chi connectivity index (χ0n) is 19.4. The SMILES string of the molecule is ClCC1CN(Cc2ccccc2)CCCO1.ClCC1CO1.OCCCNCc1ccccc1. The maximum atomic E-state index is 8.52. The second-order valence-electron chi connectivity index (χ2n) is 8.07. The Hall–Kier alpha value is -1.18. The summed E-state index contributed by atoms with van der Waals surface area (Å²) >= 11 is 11.1. The summed E-state index contributed by atoms with van der Waals surface area (Å²) in [4.78, 5) is 2.43. The third-order valence-electron chi connectivity index (χ3n) is 5.11. The Morgan fingerprint density at radius 3 is 2.09 bits per heavy atom. The molecule has 0 spiro atoms. The van der Waals surface area contributed by atoms with E-state index < -0.39 is 0 Å². The molecule has 184 valence electrons. The highest BCUT2D eigenvalue weighted by Crippen LogP contribution is 2.11. The lowest BCUT2D eigenvalue weighted by Crippen LogP contribution is -2.32. The van der Waals surface area contributed by atoms with E-state index in [1.165, 1.54) is 11.1 Å². The number of benzene rings is 2. The van der Waals surface area contributed by atoms with E-state index in [0.717, 1.165) is 58.8 Å². The lowest BCUT2D eigenvalue weighted by molar-refractivity contribution is 0.0691. The lowest BCUT2D eigenvalue weighted by atomic mass is 10.2. The van der Waals surface area contributed by atoms with Gasteiger partial charge in [0, 0.05) is 45.3 Å². The van der Waals surface area contributed by atoms with E-state index in [2.05, 4.69) is 52.7 Å². The van der Waals surface area contributed by atoms with Gasteiger partial charge in [-0.05, 0) is 30.5 Å². The van der Waals surface area contributed by atoms with Crippen molar-refractivity contribution in [3.8, 4) is 0 Å². The van der Waals surface area contributed by atoms with Crippen LogP contribution in [-0.2, 0) is 22.6 Å². The zero-order chi connectivity index (χ0) is 23.6. The van der Waals surface area contributed by atoms with Gasteiger partial charge >= 0.3 is 0 Å². The fraction of sp³-hybridized carbons (Fsp3) is 0.538. The molecule has 2 heterocycles. The van der Waals surface area contributed by atoms with E-state index in [1.54, 1.807) is 0 Å². The number of aliphatic hydroxyl groups excluding tert-OH is 1.